The van der Waals surface area contributed by atoms with Gasteiger partial charge in [0.2, 0.25) is 20.0 Å². The fourth-order valence-corrected chi connectivity index (χ4v) is 10.5. The standard InChI is InChI=1S/C26H39N3O5S2/c1-25(2)20-11-12-26(25,24(30)17-20)19-35(31,32)27-22-18-21(36(33,34)29-15-7-4-8-16-29)9-10-23(22)28-13-5-3-6-14-28/h9-10,18,20,27H,3-8,11-17,19H2,1-2H3. The van der Waals surface area contributed by atoms with E-state index in [0.717, 1.165) is 58.0 Å². The number of hydrogen-bond acceptors (Lipinski definition) is 6. The zero-order chi connectivity index (χ0) is 25.8. The molecule has 4 fully saturated rings. The van der Waals surface area contributed by atoms with Crippen molar-refractivity contribution in [1.82, 2.24) is 4.31 Å². The summed E-state index contributed by atoms with van der Waals surface area (Å²) in [5, 5.41) is 0. The van der Waals surface area contributed by atoms with Crippen molar-refractivity contribution >= 4 is 37.2 Å². The summed E-state index contributed by atoms with van der Waals surface area (Å²) >= 11 is 0. The van der Waals surface area contributed by atoms with Gasteiger partial charge in [0.25, 0.3) is 0 Å². The van der Waals surface area contributed by atoms with E-state index in [1.165, 1.54) is 10.4 Å². The summed E-state index contributed by atoms with van der Waals surface area (Å²) in [5.41, 5.74) is -0.251. The van der Waals surface area contributed by atoms with Gasteiger partial charge in [0.1, 0.15) is 5.78 Å². The third-order valence-corrected chi connectivity index (χ3v) is 12.8. The first kappa shape index (κ1) is 26.0. The molecule has 200 valence electrons. The van der Waals surface area contributed by atoms with E-state index in [1.807, 2.05) is 13.8 Å². The molecule has 2 saturated heterocycles. The molecule has 2 atom stereocenters. The number of carbonyl (C=O) groups is 1. The molecule has 2 heterocycles. The minimum atomic E-state index is -3.92. The molecule has 2 unspecified atom stereocenters. The Labute approximate surface area is 215 Å². The van der Waals surface area contributed by atoms with Gasteiger partial charge in [-0.25, -0.2) is 16.8 Å². The molecular formula is C26H39N3O5S2. The maximum atomic E-state index is 13.6. The number of sulfonamides is 2. The van der Waals surface area contributed by atoms with Crippen LogP contribution in [0.25, 0.3) is 0 Å². The normalized spacial score (nSPS) is 29.0. The maximum absolute atomic E-state index is 13.6. The van der Waals surface area contributed by atoms with Gasteiger partial charge in [0, 0.05) is 32.6 Å². The first-order valence-corrected chi connectivity index (χ1v) is 16.5. The molecule has 8 nitrogen and oxygen atoms in total. The number of ketones is 1. The van der Waals surface area contributed by atoms with Crippen LogP contribution in [0.2, 0.25) is 0 Å². The van der Waals surface area contributed by atoms with Gasteiger partial charge in [-0.2, -0.15) is 4.31 Å². The molecule has 0 aromatic heterocycles. The van der Waals surface area contributed by atoms with Crippen molar-refractivity contribution in [3.05, 3.63) is 18.2 Å². The SMILES string of the molecule is CC1(C)C2CCC1(CS(=O)(=O)Nc1cc(S(=O)(=O)N3CCCCC3)ccc1N1CCCCC1)C(=O)C2. The van der Waals surface area contributed by atoms with Crippen LogP contribution in [0.15, 0.2) is 23.1 Å². The van der Waals surface area contributed by atoms with Gasteiger partial charge < -0.3 is 4.90 Å². The molecule has 1 aromatic carbocycles. The molecule has 2 aliphatic heterocycles. The molecule has 2 saturated carbocycles. The van der Waals surface area contributed by atoms with Crippen molar-refractivity contribution in [1.29, 1.82) is 0 Å². The Morgan fingerprint density at radius 3 is 2.17 bits per heavy atom. The smallest absolute Gasteiger partial charge is 0.243 e. The molecular weight excluding hydrogens is 498 g/mol. The van der Waals surface area contributed by atoms with Crippen molar-refractivity contribution in [2.24, 2.45) is 16.7 Å². The van der Waals surface area contributed by atoms with E-state index < -0.39 is 25.5 Å². The molecule has 36 heavy (non-hydrogen) atoms. The summed E-state index contributed by atoms with van der Waals surface area (Å²) in [6.45, 7) is 6.61. The first-order valence-electron chi connectivity index (χ1n) is 13.4. The average Bonchev–Trinajstić information content (AvgIpc) is 3.19. The molecule has 0 amide bonds. The van der Waals surface area contributed by atoms with Crippen molar-refractivity contribution in [2.45, 2.75) is 76.5 Å². The number of carbonyl (C=O) groups excluding carboxylic acids is 1. The lowest BCUT2D eigenvalue weighted by Crippen LogP contribution is -2.43. The Bertz CT molecular complexity index is 1230. The molecule has 5 rings (SSSR count). The van der Waals surface area contributed by atoms with Gasteiger partial charge in [-0.1, -0.05) is 20.3 Å². The second-order valence-electron chi connectivity index (χ2n) is 11.7. The summed E-state index contributed by atoms with van der Waals surface area (Å²) in [7, 11) is -7.64. The Morgan fingerprint density at radius 1 is 0.944 bits per heavy atom. The van der Waals surface area contributed by atoms with E-state index in [0.29, 0.717) is 37.3 Å². The van der Waals surface area contributed by atoms with Crippen molar-refractivity contribution < 1.29 is 21.6 Å². The van der Waals surface area contributed by atoms with Crippen LogP contribution in [0.4, 0.5) is 11.4 Å². The minimum Gasteiger partial charge on any atom is -0.370 e. The van der Waals surface area contributed by atoms with Gasteiger partial charge in [0.05, 0.1) is 27.4 Å². The Balaban J connectivity index is 1.49. The van der Waals surface area contributed by atoms with Crippen LogP contribution in [0.5, 0.6) is 0 Å². The number of anilines is 2. The molecule has 2 aliphatic carbocycles. The van der Waals surface area contributed by atoms with Gasteiger partial charge in [-0.15, -0.1) is 0 Å². The number of piperidine rings is 2. The largest absolute Gasteiger partial charge is 0.370 e. The molecule has 2 bridgehead atoms. The highest BCUT2D eigenvalue weighted by atomic mass is 32.2. The van der Waals surface area contributed by atoms with Crippen LogP contribution in [0.1, 0.15) is 71.6 Å². The maximum Gasteiger partial charge on any atom is 0.243 e. The molecule has 1 N–H and O–H groups in total. The summed E-state index contributed by atoms with van der Waals surface area (Å²) in [5.74, 6) is 0.0131. The van der Waals surface area contributed by atoms with E-state index >= 15 is 0 Å². The van der Waals surface area contributed by atoms with Crippen molar-refractivity contribution in [3.63, 3.8) is 0 Å². The quantitative estimate of drug-likeness (QED) is 0.564. The van der Waals surface area contributed by atoms with E-state index in [2.05, 4.69) is 9.62 Å². The highest BCUT2D eigenvalue weighted by molar-refractivity contribution is 7.92. The summed E-state index contributed by atoms with van der Waals surface area (Å²) in [4.78, 5) is 15.2. The van der Waals surface area contributed by atoms with Crippen LogP contribution in [-0.4, -0.2) is 58.9 Å². The van der Waals surface area contributed by atoms with E-state index in [4.69, 9.17) is 0 Å². The molecule has 1 aromatic rings. The highest BCUT2D eigenvalue weighted by Gasteiger charge is 2.65. The van der Waals surface area contributed by atoms with Crippen LogP contribution < -0.4 is 9.62 Å². The fourth-order valence-electron chi connectivity index (χ4n) is 7.06. The predicted molar refractivity (Wildman–Crippen MR) is 141 cm³/mol. The molecule has 0 radical (unpaired) electrons. The lowest BCUT2D eigenvalue weighted by atomic mass is 9.70. The van der Waals surface area contributed by atoms with E-state index in [9.17, 15) is 21.6 Å². The Hall–Kier alpha value is -1.65. The minimum absolute atomic E-state index is 0.0480. The van der Waals surface area contributed by atoms with Crippen LogP contribution in [-0.2, 0) is 24.8 Å². The van der Waals surface area contributed by atoms with Crippen LogP contribution in [0.3, 0.4) is 0 Å². The highest BCUT2D eigenvalue weighted by Crippen LogP contribution is 2.64. The van der Waals surface area contributed by atoms with Gasteiger partial charge in [-0.05, 0) is 74.5 Å². The number of benzene rings is 1. The topological polar surface area (TPSA) is 104 Å². The second kappa shape index (κ2) is 9.27. The van der Waals surface area contributed by atoms with Gasteiger partial charge >= 0.3 is 0 Å². The lowest BCUT2D eigenvalue weighted by Gasteiger charge is -2.36. The van der Waals surface area contributed by atoms with Gasteiger partial charge in [0.15, 0.2) is 0 Å². The number of fused-ring (bicyclic) bond motifs is 2. The molecule has 4 aliphatic rings. The predicted octanol–water partition coefficient (Wildman–Crippen LogP) is 3.99. The fraction of sp³-hybridized carbons (Fsp3) is 0.731. The van der Waals surface area contributed by atoms with Crippen molar-refractivity contribution in [3.8, 4) is 0 Å². The van der Waals surface area contributed by atoms with E-state index in [-0.39, 0.29) is 27.8 Å². The zero-order valence-corrected chi connectivity index (χ0v) is 23.1. The number of nitrogens with one attached hydrogen (secondary N) is 1. The molecule has 0 spiro atoms. The zero-order valence-electron chi connectivity index (χ0n) is 21.5. The Morgan fingerprint density at radius 2 is 1.58 bits per heavy atom. The number of rotatable bonds is 7. The van der Waals surface area contributed by atoms with Crippen molar-refractivity contribution in [2.75, 3.05) is 41.6 Å². The first-order chi connectivity index (χ1) is 17.0. The lowest BCUT2D eigenvalue weighted by molar-refractivity contribution is -0.128. The average molecular weight is 538 g/mol. The monoisotopic (exact) mass is 537 g/mol. The third-order valence-electron chi connectivity index (χ3n) is 9.46. The number of hydrogen-bond donors (Lipinski definition) is 1. The number of Topliss-reactive ketones (excluding diaryl/α,β-unsaturated/α-hetero) is 1. The summed E-state index contributed by atoms with van der Waals surface area (Å²) in [6.07, 6.45) is 7.73. The number of nitrogens with zero attached hydrogens (tertiary/aromatic N) is 2. The van der Waals surface area contributed by atoms with Crippen LogP contribution >= 0.6 is 0 Å². The summed E-state index contributed by atoms with van der Waals surface area (Å²) < 4.78 is 58.3. The summed E-state index contributed by atoms with van der Waals surface area (Å²) in [6, 6.07) is 4.84. The molecule has 10 heteroatoms. The third kappa shape index (κ3) is 4.36. The van der Waals surface area contributed by atoms with Gasteiger partial charge in [-0.3, -0.25) is 9.52 Å². The van der Waals surface area contributed by atoms with E-state index in [1.54, 1.807) is 12.1 Å². The second-order valence-corrected chi connectivity index (χ2v) is 15.4. The Kier molecular flexibility index (Phi) is 6.69. The van der Waals surface area contributed by atoms with Crippen LogP contribution in [0, 0.1) is 16.7 Å².